The van der Waals surface area contributed by atoms with Crippen LogP contribution in [0, 0.1) is 17.7 Å². The van der Waals surface area contributed by atoms with Gasteiger partial charge in [0.1, 0.15) is 5.82 Å². The van der Waals surface area contributed by atoms with E-state index in [2.05, 4.69) is 5.32 Å². The molecule has 1 aromatic carbocycles. The van der Waals surface area contributed by atoms with Gasteiger partial charge in [-0.3, -0.25) is 0 Å². The van der Waals surface area contributed by atoms with E-state index in [0.29, 0.717) is 31.0 Å². The summed E-state index contributed by atoms with van der Waals surface area (Å²) >= 11 is 0. The fourth-order valence-electron chi connectivity index (χ4n) is 3.49. The third-order valence-corrected chi connectivity index (χ3v) is 4.53. The molecule has 3 rings (SSSR count). The molecule has 1 aromatic rings. The van der Waals surface area contributed by atoms with Gasteiger partial charge < -0.3 is 15.3 Å². The van der Waals surface area contributed by atoms with E-state index in [0.717, 1.165) is 24.9 Å². The van der Waals surface area contributed by atoms with E-state index in [4.69, 9.17) is 5.11 Å². The maximum Gasteiger partial charge on any atom is 0.407 e. The Morgan fingerprint density at radius 1 is 1.25 bits per heavy atom. The van der Waals surface area contributed by atoms with Crippen molar-refractivity contribution in [3.8, 4) is 0 Å². The van der Waals surface area contributed by atoms with Crippen molar-refractivity contribution in [2.45, 2.75) is 25.4 Å². The summed E-state index contributed by atoms with van der Waals surface area (Å²) < 4.78 is 12.8. The molecule has 3 atom stereocenters. The quantitative estimate of drug-likeness (QED) is 0.892. The molecule has 108 valence electrons. The highest BCUT2D eigenvalue weighted by atomic mass is 19.1. The van der Waals surface area contributed by atoms with Gasteiger partial charge in [0.25, 0.3) is 0 Å². The molecule has 0 aromatic heterocycles. The number of carboxylic acid groups (broad SMARTS) is 1. The number of amides is 1. The highest BCUT2D eigenvalue weighted by Gasteiger charge is 2.42. The summed E-state index contributed by atoms with van der Waals surface area (Å²) in [5.74, 6) is 0.784. The summed E-state index contributed by atoms with van der Waals surface area (Å²) in [7, 11) is 0. The number of nitrogens with zero attached hydrogens (tertiary/aromatic N) is 1. The van der Waals surface area contributed by atoms with Crippen molar-refractivity contribution >= 4 is 6.09 Å². The number of halogens is 1. The zero-order valence-corrected chi connectivity index (χ0v) is 11.3. The molecule has 1 unspecified atom stereocenters. The molecule has 5 heteroatoms. The molecular formula is C15H19FN2O2. The monoisotopic (exact) mass is 278 g/mol. The first-order valence-electron chi connectivity index (χ1n) is 7.07. The van der Waals surface area contributed by atoms with Crippen LogP contribution in [0.3, 0.4) is 0 Å². The Labute approximate surface area is 117 Å². The van der Waals surface area contributed by atoms with Crippen molar-refractivity contribution in [2.75, 3.05) is 13.1 Å². The van der Waals surface area contributed by atoms with Gasteiger partial charge >= 0.3 is 6.09 Å². The highest BCUT2D eigenvalue weighted by molar-refractivity contribution is 5.65. The molecule has 1 aliphatic heterocycles. The lowest BCUT2D eigenvalue weighted by molar-refractivity contribution is 0.151. The van der Waals surface area contributed by atoms with Crippen molar-refractivity contribution in [3.05, 3.63) is 35.6 Å². The van der Waals surface area contributed by atoms with Gasteiger partial charge in [0.15, 0.2) is 0 Å². The first-order valence-corrected chi connectivity index (χ1v) is 7.07. The minimum absolute atomic E-state index is 0.210. The third-order valence-electron chi connectivity index (χ3n) is 4.53. The average molecular weight is 278 g/mol. The van der Waals surface area contributed by atoms with Crippen molar-refractivity contribution in [1.29, 1.82) is 0 Å². The molecule has 1 aliphatic carbocycles. The summed E-state index contributed by atoms with van der Waals surface area (Å²) in [6.07, 6.45) is 1.28. The van der Waals surface area contributed by atoms with Crippen LogP contribution in [0.15, 0.2) is 24.3 Å². The maximum atomic E-state index is 12.8. The summed E-state index contributed by atoms with van der Waals surface area (Å²) in [5.41, 5.74) is 1.08. The van der Waals surface area contributed by atoms with Crippen LogP contribution in [0.5, 0.6) is 0 Å². The molecule has 1 amide bonds. The average Bonchev–Trinajstić information content (AvgIpc) is 2.96. The van der Waals surface area contributed by atoms with E-state index in [1.165, 1.54) is 17.0 Å². The maximum absolute atomic E-state index is 12.8. The fourth-order valence-corrected chi connectivity index (χ4v) is 3.49. The molecule has 0 radical (unpaired) electrons. The molecular weight excluding hydrogens is 259 g/mol. The van der Waals surface area contributed by atoms with Gasteiger partial charge in [-0.1, -0.05) is 12.1 Å². The normalized spacial score (nSPS) is 28.6. The van der Waals surface area contributed by atoms with Crippen molar-refractivity contribution < 1.29 is 14.3 Å². The van der Waals surface area contributed by atoms with E-state index in [1.54, 1.807) is 12.1 Å². The number of fused-ring (bicyclic) bond motifs is 1. The van der Waals surface area contributed by atoms with E-state index < -0.39 is 6.09 Å². The molecule has 1 heterocycles. The number of likely N-dealkylation sites (tertiary alicyclic amines) is 1. The standard InChI is InChI=1S/C15H19FN2O2/c16-13-3-1-10(2-4-13)7-17-14-5-11-8-18(15(19)20)9-12(11)6-14/h1-4,11-12,14,17H,5-9H2,(H,19,20)/t11-,12+,14?. The highest BCUT2D eigenvalue weighted by Crippen LogP contribution is 2.38. The third kappa shape index (κ3) is 2.77. The SMILES string of the molecule is O=C(O)N1C[C@H]2CC(NCc3ccc(F)cc3)C[C@H]2C1. The largest absolute Gasteiger partial charge is 0.465 e. The molecule has 4 nitrogen and oxygen atoms in total. The number of rotatable bonds is 3. The Kier molecular flexibility index (Phi) is 3.61. The zero-order valence-electron chi connectivity index (χ0n) is 11.3. The molecule has 2 fully saturated rings. The molecule has 2 aliphatic rings. The Morgan fingerprint density at radius 2 is 1.85 bits per heavy atom. The van der Waals surface area contributed by atoms with Gasteiger partial charge in [-0.25, -0.2) is 9.18 Å². The first kappa shape index (κ1) is 13.4. The van der Waals surface area contributed by atoms with Gasteiger partial charge in [-0.2, -0.15) is 0 Å². The van der Waals surface area contributed by atoms with Gasteiger partial charge in [-0.05, 0) is 42.4 Å². The van der Waals surface area contributed by atoms with Crippen LogP contribution in [0.1, 0.15) is 18.4 Å². The van der Waals surface area contributed by atoms with Crippen molar-refractivity contribution in [2.24, 2.45) is 11.8 Å². The van der Waals surface area contributed by atoms with E-state index in [9.17, 15) is 9.18 Å². The Bertz CT molecular complexity index is 477. The summed E-state index contributed by atoms with van der Waals surface area (Å²) in [4.78, 5) is 12.5. The van der Waals surface area contributed by atoms with Gasteiger partial charge in [0.2, 0.25) is 0 Å². The fraction of sp³-hybridized carbons (Fsp3) is 0.533. The number of carbonyl (C=O) groups is 1. The van der Waals surface area contributed by atoms with Crippen LogP contribution >= 0.6 is 0 Å². The Balaban J connectivity index is 1.48. The lowest BCUT2D eigenvalue weighted by atomic mass is 10.0. The van der Waals surface area contributed by atoms with Gasteiger partial charge in [-0.15, -0.1) is 0 Å². The van der Waals surface area contributed by atoms with Crippen LogP contribution in [0.25, 0.3) is 0 Å². The number of nitrogens with one attached hydrogen (secondary N) is 1. The number of benzene rings is 1. The first-order chi connectivity index (χ1) is 9.61. The minimum atomic E-state index is -0.796. The summed E-state index contributed by atoms with van der Waals surface area (Å²) in [6, 6.07) is 7.00. The van der Waals surface area contributed by atoms with Crippen LogP contribution < -0.4 is 5.32 Å². The van der Waals surface area contributed by atoms with Crippen LogP contribution in [-0.2, 0) is 6.54 Å². The molecule has 1 saturated heterocycles. The smallest absolute Gasteiger partial charge is 0.407 e. The molecule has 0 spiro atoms. The zero-order chi connectivity index (χ0) is 14.1. The van der Waals surface area contributed by atoms with Gasteiger partial charge in [0, 0.05) is 25.7 Å². The number of hydrogen-bond acceptors (Lipinski definition) is 2. The summed E-state index contributed by atoms with van der Waals surface area (Å²) in [6.45, 7) is 2.09. The van der Waals surface area contributed by atoms with Crippen LogP contribution in [0.4, 0.5) is 9.18 Å². The Morgan fingerprint density at radius 3 is 2.40 bits per heavy atom. The second kappa shape index (κ2) is 5.40. The molecule has 2 N–H and O–H groups in total. The Hall–Kier alpha value is -1.62. The molecule has 0 bridgehead atoms. The second-order valence-corrected chi connectivity index (χ2v) is 5.88. The van der Waals surface area contributed by atoms with E-state index in [-0.39, 0.29) is 5.82 Å². The summed E-state index contributed by atoms with van der Waals surface area (Å²) in [5, 5.41) is 12.5. The lowest BCUT2D eigenvalue weighted by Gasteiger charge is -2.17. The van der Waals surface area contributed by atoms with Crippen molar-refractivity contribution in [3.63, 3.8) is 0 Å². The van der Waals surface area contributed by atoms with Gasteiger partial charge in [0.05, 0.1) is 0 Å². The van der Waals surface area contributed by atoms with E-state index in [1.807, 2.05) is 0 Å². The van der Waals surface area contributed by atoms with Crippen molar-refractivity contribution in [1.82, 2.24) is 10.2 Å². The topological polar surface area (TPSA) is 52.6 Å². The minimum Gasteiger partial charge on any atom is -0.465 e. The van der Waals surface area contributed by atoms with E-state index >= 15 is 0 Å². The number of hydrogen-bond donors (Lipinski definition) is 2. The molecule has 20 heavy (non-hydrogen) atoms. The molecule has 1 saturated carbocycles. The predicted octanol–water partition coefficient (Wildman–Crippen LogP) is 2.30. The lowest BCUT2D eigenvalue weighted by Crippen LogP contribution is -2.32. The second-order valence-electron chi connectivity index (χ2n) is 5.88. The van der Waals surface area contributed by atoms with Crippen LogP contribution in [0.2, 0.25) is 0 Å². The predicted molar refractivity (Wildman–Crippen MR) is 72.8 cm³/mol. The van der Waals surface area contributed by atoms with Crippen LogP contribution in [-0.4, -0.2) is 35.2 Å².